The van der Waals surface area contributed by atoms with E-state index in [0.29, 0.717) is 4.88 Å². The highest BCUT2D eigenvalue weighted by Crippen LogP contribution is 2.25. The van der Waals surface area contributed by atoms with Gasteiger partial charge in [0, 0.05) is 6.54 Å². The van der Waals surface area contributed by atoms with Crippen LogP contribution < -0.4 is 11.5 Å². The van der Waals surface area contributed by atoms with Crippen LogP contribution in [0.15, 0.2) is 16.3 Å². The molecule has 1 aromatic rings. The first kappa shape index (κ1) is 17.0. The van der Waals surface area contributed by atoms with Crippen LogP contribution in [0.25, 0.3) is 0 Å². The zero-order chi connectivity index (χ0) is 15.5. The molecule has 4 N–H and O–H groups in total. The summed E-state index contributed by atoms with van der Waals surface area (Å²) in [7, 11) is -3.77. The number of thiocarbonyl (C=S) groups is 1. The summed E-state index contributed by atoms with van der Waals surface area (Å²) in [6, 6.07) is 2.99. The molecule has 0 saturated carbocycles. The van der Waals surface area contributed by atoms with E-state index in [9.17, 15) is 13.2 Å². The van der Waals surface area contributed by atoms with E-state index in [2.05, 4.69) is 0 Å². The van der Waals surface area contributed by atoms with Crippen molar-refractivity contribution in [2.45, 2.75) is 18.1 Å². The van der Waals surface area contributed by atoms with E-state index in [1.165, 1.54) is 6.07 Å². The molecular formula is C11H17N3O3S3. The Balaban J connectivity index is 3.13. The lowest BCUT2D eigenvalue weighted by molar-refractivity contribution is -0.118. The summed E-state index contributed by atoms with van der Waals surface area (Å²) in [5.74, 6) is -0.625. The molecule has 0 aromatic carbocycles. The maximum Gasteiger partial charge on any atom is 0.253 e. The van der Waals surface area contributed by atoms with Gasteiger partial charge in [-0.2, -0.15) is 4.31 Å². The Morgan fingerprint density at radius 2 is 2.00 bits per heavy atom. The maximum atomic E-state index is 12.5. The van der Waals surface area contributed by atoms with Gasteiger partial charge >= 0.3 is 0 Å². The largest absolute Gasteiger partial charge is 0.389 e. The van der Waals surface area contributed by atoms with Crippen LogP contribution in [0.3, 0.4) is 0 Å². The zero-order valence-electron chi connectivity index (χ0n) is 11.2. The first-order valence-corrected chi connectivity index (χ1v) is 8.49. The molecule has 0 spiro atoms. The molecule has 0 saturated heterocycles. The number of carbonyl (C=O) groups excluding carboxylic acids is 1. The van der Waals surface area contributed by atoms with Crippen LogP contribution in [0.1, 0.15) is 18.7 Å². The lowest BCUT2D eigenvalue weighted by atomic mass is 10.2. The van der Waals surface area contributed by atoms with Gasteiger partial charge in [-0.3, -0.25) is 4.79 Å². The molecule has 9 heteroatoms. The molecule has 20 heavy (non-hydrogen) atoms. The Labute approximate surface area is 127 Å². The first-order valence-electron chi connectivity index (χ1n) is 5.82. The molecule has 0 bridgehead atoms. The average molecular weight is 335 g/mol. The number of rotatable bonds is 7. The normalized spacial score (nSPS) is 12.0. The van der Waals surface area contributed by atoms with Gasteiger partial charge in [0.2, 0.25) is 5.91 Å². The fraction of sp³-hybridized carbons (Fsp3) is 0.455. The van der Waals surface area contributed by atoms with Crippen LogP contribution in [-0.2, 0) is 14.8 Å². The highest BCUT2D eigenvalue weighted by Gasteiger charge is 2.28. The van der Waals surface area contributed by atoms with Crippen LogP contribution in [0.5, 0.6) is 0 Å². The number of amides is 1. The molecule has 0 aliphatic heterocycles. The molecule has 1 heterocycles. The molecule has 0 radical (unpaired) electrons. The van der Waals surface area contributed by atoms with Crippen molar-refractivity contribution in [1.82, 2.24) is 4.31 Å². The number of carbonyl (C=O) groups is 1. The fourth-order valence-corrected chi connectivity index (χ4v) is 4.62. The molecule has 0 aliphatic carbocycles. The predicted octanol–water partition coefficient (Wildman–Crippen LogP) is 0.514. The van der Waals surface area contributed by atoms with Gasteiger partial charge in [0.25, 0.3) is 10.0 Å². The molecular weight excluding hydrogens is 318 g/mol. The van der Waals surface area contributed by atoms with Crippen molar-refractivity contribution in [3.8, 4) is 0 Å². The van der Waals surface area contributed by atoms with E-state index < -0.39 is 15.9 Å². The van der Waals surface area contributed by atoms with Crippen molar-refractivity contribution in [3.05, 3.63) is 17.0 Å². The summed E-state index contributed by atoms with van der Waals surface area (Å²) in [5, 5.41) is 0. The first-order chi connectivity index (χ1) is 9.14. The molecule has 6 nitrogen and oxygen atoms in total. The Bertz CT molecular complexity index is 607. The Morgan fingerprint density at radius 1 is 1.40 bits per heavy atom. The third-order valence-electron chi connectivity index (χ3n) is 2.32. The van der Waals surface area contributed by atoms with Crippen LogP contribution in [0, 0.1) is 5.92 Å². The Hall–Kier alpha value is -1.03. The number of primary amides is 1. The second-order valence-electron chi connectivity index (χ2n) is 4.64. The molecule has 0 unspecified atom stereocenters. The van der Waals surface area contributed by atoms with Gasteiger partial charge in [0.1, 0.15) is 9.20 Å². The van der Waals surface area contributed by atoms with E-state index in [4.69, 9.17) is 23.7 Å². The van der Waals surface area contributed by atoms with Crippen LogP contribution in [-0.4, -0.2) is 36.7 Å². The van der Waals surface area contributed by atoms with E-state index in [-0.39, 0.29) is 28.2 Å². The van der Waals surface area contributed by atoms with Gasteiger partial charge in [-0.25, -0.2) is 8.42 Å². The molecule has 1 rings (SSSR count). The maximum absolute atomic E-state index is 12.5. The molecule has 1 aromatic heterocycles. The number of nitrogens with zero attached hydrogens (tertiary/aromatic N) is 1. The van der Waals surface area contributed by atoms with Crippen LogP contribution in [0.2, 0.25) is 0 Å². The van der Waals surface area contributed by atoms with Gasteiger partial charge in [-0.1, -0.05) is 26.1 Å². The lowest BCUT2D eigenvalue weighted by Crippen LogP contribution is -2.40. The highest BCUT2D eigenvalue weighted by molar-refractivity contribution is 7.91. The second kappa shape index (κ2) is 6.61. The van der Waals surface area contributed by atoms with Crippen molar-refractivity contribution in [3.63, 3.8) is 0 Å². The van der Waals surface area contributed by atoms with Crippen LogP contribution in [0.4, 0.5) is 0 Å². The number of sulfonamides is 1. The van der Waals surface area contributed by atoms with E-state index >= 15 is 0 Å². The van der Waals surface area contributed by atoms with E-state index in [1.807, 2.05) is 13.8 Å². The van der Waals surface area contributed by atoms with E-state index in [1.54, 1.807) is 6.07 Å². The summed E-state index contributed by atoms with van der Waals surface area (Å²) in [6.07, 6.45) is 0. The van der Waals surface area contributed by atoms with Crippen molar-refractivity contribution in [2.24, 2.45) is 17.4 Å². The van der Waals surface area contributed by atoms with Crippen LogP contribution >= 0.6 is 23.6 Å². The van der Waals surface area contributed by atoms with Gasteiger partial charge in [-0.05, 0) is 18.1 Å². The molecule has 112 valence electrons. The monoisotopic (exact) mass is 335 g/mol. The minimum atomic E-state index is -3.77. The summed E-state index contributed by atoms with van der Waals surface area (Å²) < 4.78 is 26.1. The summed E-state index contributed by atoms with van der Waals surface area (Å²) in [5.41, 5.74) is 10.6. The highest BCUT2D eigenvalue weighted by atomic mass is 32.2. The van der Waals surface area contributed by atoms with Crippen molar-refractivity contribution in [1.29, 1.82) is 0 Å². The van der Waals surface area contributed by atoms with Crippen molar-refractivity contribution < 1.29 is 13.2 Å². The number of hydrogen-bond acceptors (Lipinski definition) is 5. The summed E-state index contributed by atoms with van der Waals surface area (Å²) >= 11 is 5.79. The zero-order valence-corrected chi connectivity index (χ0v) is 13.6. The smallest absolute Gasteiger partial charge is 0.253 e. The quantitative estimate of drug-likeness (QED) is 0.706. The van der Waals surface area contributed by atoms with Gasteiger partial charge in [0.15, 0.2) is 0 Å². The van der Waals surface area contributed by atoms with Gasteiger partial charge in [0.05, 0.1) is 11.4 Å². The molecule has 0 aliphatic rings. The molecule has 1 amide bonds. The number of thiophene rings is 1. The van der Waals surface area contributed by atoms with E-state index in [0.717, 1.165) is 15.6 Å². The minimum absolute atomic E-state index is 0.0687. The number of hydrogen-bond donors (Lipinski definition) is 2. The second-order valence-corrected chi connectivity index (χ2v) is 8.33. The predicted molar refractivity (Wildman–Crippen MR) is 83.0 cm³/mol. The lowest BCUT2D eigenvalue weighted by Gasteiger charge is -2.21. The molecule has 0 fully saturated rings. The summed E-state index contributed by atoms with van der Waals surface area (Å²) in [6.45, 7) is 3.59. The minimum Gasteiger partial charge on any atom is -0.389 e. The molecule has 0 atom stereocenters. The van der Waals surface area contributed by atoms with Crippen molar-refractivity contribution in [2.75, 3.05) is 13.1 Å². The third-order valence-corrected chi connectivity index (χ3v) is 6.07. The standard InChI is InChI=1S/C11H17N3O3S3/c1-7(2)5-14(6-9(12)15)20(16,17)10-4-3-8(19-10)11(13)18/h3-4,7H,5-6H2,1-2H3,(H2,12,15)(H2,13,18). The summed E-state index contributed by atoms with van der Waals surface area (Å²) in [4.78, 5) is 11.7. The Kier molecular flexibility index (Phi) is 5.63. The van der Waals surface area contributed by atoms with Gasteiger partial charge in [-0.15, -0.1) is 11.3 Å². The number of nitrogens with two attached hydrogens (primary N) is 2. The average Bonchev–Trinajstić information content (AvgIpc) is 2.76. The Morgan fingerprint density at radius 3 is 2.40 bits per heavy atom. The topological polar surface area (TPSA) is 106 Å². The fourth-order valence-electron chi connectivity index (χ4n) is 1.55. The van der Waals surface area contributed by atoms with Gasteiger partial charge < -0.3 is 11.5 Å². The third kappa shape index (κ3) is 4.23. The SMILES string of the molecule is CC(C)CN(CC(N)=O)S(=O)(=O)c1ccc(C(N)=S)s1. The van der Waals surface area contributed by atoms with Crippen molar-refractivity contribution >= 4 is 44.5 Å².